The molecule has 1 aromatic carbocycles. The summed E-state index contributed by atoms with van der Waals surface area (Å²) in [6.07, 6.45) is 0. The third-order valence-corrected chi connectivity index (χ3v) is 3.46. The SMILES string of the molecule is C=CS(=O)(=O)c1ccc([N+](=O)[O-])c2nonc12. The van der Waals surface area contributed by atoms with Crippen LogP contribution in [0.1, 0.15) is 0 Å². The molecule has 9 heteroatoms. The Morgan fingerprint density at radius 3 is 2.59 bits per heavy atom. The summed E-state index contributed by atoms with van der Waals surface area (Å²) in [7, 11) is -3.76. The monoisotopic (exact) mass is 255 g/mol. The average Bonchev–Trinajstić information content (AvgIpc) is 2.75. The van der Waals surface area contributed by atoms with Gasteiger partial charge in [-0.05, 0) is 16.4 Å². The van der Waals surface area contributed by atoms with Crippen LogP contribution in [-0.2, 0) is 9.84 Å². The largest absolute Gasteiger partial charge is 0.300 e. The lowest BCUT2D eigenvalue weighted by Gasteiger charge is -1.98. The van der Waals surface area contributed by atoms with Crippen LogP contribution >= 0.6 is 0 Å². The molecule has 0 saturated heterocycles. The van der Waals surface area contributed by atoms with Gasteiger partial charge in [-0.25, -0.2) is 13.0 Å². The second-order valence-electron chi connectivity index (χ2n) is 3.01. The molecular formula is C8H5N3O5S. The van der Waals surface area contributed by atoms with Gasteiger partial charge in [-0.15, -0.1) is 0 Å². The molecule has 0 atom stereocenters. The van der Waals surface area contributed by atoms with Gasteiger partial charge in [0, 0.05) is 11.5 Å². The molecule has 0 spiro atoms. The van der Waals surface area contributed by atoms with Crippen LogP contribution in [0.15, 0.2) is 33.6 Å². The van der Waals surface area contributed by atoms with Crippen molar-refractivity contribution >= 4 is 26.6 Å². The topological polar surface area (TPSA) is 116 Å². The van der Waals surface area contributed by atoms with E-state index < -0.39 is 14.8 Å². The van der Waals surface area contributed by atoms with Gasteiger partial charge in [0.2, 0.25) is 15.4 Å². The predicted octanol–water partition coefficient (Wildman–Crippen LogP) is 1.05. The van der Waals surface area contributed by atoms with Crippen LogP contribution in [0, 0.1) is 10.1 Å². The van der Waals surface area contributed by atoms with Gasteiger partial charge < -0.3 is 0 Å². The summed E-state index contributed by atoms with van der Waals surface area (Å²) < 4.78 is 27.5. The molecule has 8 nitrogen and oxygen atoms in total. The van der Waals surface area contributed by atoms with Gasteiger partial charge in [0.1, 0.15) is 4.90 Å². The molecule has 0 amide bonds. The molecular weight excluding hydrogens is 250 g/mol. The van der Waals surface area contributed by atoms with Crippen LogP contribution in [-0.4, -0.2) is 23.7 Å². The number of benzene rings is 1. The van der Waals surface area contributed by atoms with Crippen molar-refractivity contribution in [3.8, 4) is 0 Å². The zero-order chi connectivity index (χ0) is 12.6. The highest BCUT2D eigenvalue weighted by molar-refractivity contribution is 7.94. The minimum atomic E-state index is -3.76. The maximum atomic E-state index is 11.6. The molecule has 17 heavy (non-hydrogen) atoms. The van der Waals surface area contributed by atoms with Gasteiger partial charge in [0.05, 0.1) is 4.92 Å². The third-order valence-electron chi connectivity index (χ3n) is 2.08. The van der Waals surface area contributed by atoms with E-state index in [0.29, 0.717) is 0 Å². The Morgan fingerprint density at radius 2 is 2.00 bits per heavy atom. The maximum Gasteiger partial charge on any atom is 0.300 e. The van der Waals surface area contributed by atoms with Gasteiger partial charge >= 0.3 is 5.69 Å². The highest BCUT2D eigenvalue weighted by Crippen LogP contribution is 2.28. The summed E-state index contributed by atoms with van der Waals surface area (Å²) in [6, 6.07) is 2.10. The first-order valence-electron chi connectivity index (χ1n) is 4.24. The molecule has 2 aromatic rings. The van der Waals surface area contributed by atoms with Crippen LogP contribution in [0.25, 0.3) is 11.0 Å². The molecule has 88 valence electrons. The number of rotatable bonds is 3. The molecule has 0 aliphatic carbocycles. The van der Waals surface area contributed by atoms with Crippen molar-refractivity contribution in [1.29, 1.82) is 0 Å². The van der Waals surface area contributed by atoms with Gasteiger partial charge in [-0.1, -0.05) is 6.58 Å². The third kappa shape index (κ3) is 1.65. The highest BCUT2D eigenvalue weighted by Gasteiger charge is 2.24. The fourth-order valence-electron chi connectivity index (χ4n) is 1.30. The summed E-state index contributed by atoms with van der Waals surface area (Å²) in [5.41, 5.74) is -0.763. The summed E-state index contributed by atoms with van der Waals surface area (Å²) in [4.78, 5) is 9.74. The maximum absolute atomic E-state index is 11.6. The second kappa shape index (κ2) is 3.63. The molecule has 0 radical (unpaired) electrons. The summed E-state index contributed by atoms with van der Waals surface area (Å²) >= 11 is 0. The van der Waals surface area contributed by atoms with Crippen molar-refractivity contribution < 1.29 is 18.0 Å². The van der Waals surface area contributed by atoms with E-state index in [9.17, 15) is 18.5 Å². The lowest BCUT2D eigenvalue weighted by molar-refractivity contribution is -0.383. The Balaban J connectivity index is 2.88. The lowest BCUT2D eigenvalue weighted by atomic mass is 10.3. The molecule has 0 fully saturated rings. The van der Waals surface area contributed by atoms with Gasteiger partial charge in [-0.2, -0.15) is 0 Å². The second-order valence-corrected chi connectivity index (χ2v) is 4.88. The molecule has 0 aliphatic heterocycles. The number of nitrogens with zero attached hydrogens (tertiary/aromatic N) is 3. The minimum absolute atomic E-state index is 0.181. The van der Waals surface area contributed by atoms with E-state index in [4.69, 9.17) is 0 Å². The van der Waals surface area contributed by atoms with E-state index in [2.05, 4.69) is 21.5 Å². The van der Waals surface area contributed by atoms with E-state index in [1.807, 2.05) is 0 Å². The van der Waals surface area contributed by atoms with Crippen LogP contribution in [0.3, 0.4) is 0 Å². The highest BCUT2D eigenvalue weighted by atomic mass is 32.2. The average molecular weight is 255 g/mol. The van der Waals surface area contributed by atoms with Gasteiger partial charge in [-0.3, -0.25) is 10.1 Å². The van der Waals surface area contributed by atoms with E-state index in [-0.39, 0.29) is 21.6 Å². The molecule has 0 bridgehead atoms. The standard InChI is InChI=1S/C8H5N3O5S/c1-2-17(14,15)6-4-3-5(11(12)13)7-8(6)10-16-9-7/h2-4H,1H2. The Bertz CT molecular complexity index is 718. The molecule has 2 rings (SSSR count). The van der Waals surface area contributed by atoms with Crippen LogP contribution in [0.4, 0.5) is 5.69 Å². The first-order valence-corrected chi connectivity index (χ1v) is 5.79. The Labute approximate surface area is 94.6 Å². The Kier molecular flexibility index (Phi) is 2.39. The molecule has 0 aliphatic rings. The number of hydrogen-bond acceptors (Lipinski definition) is 7. The molecule has 0 saturated carbocycles. The van der Waals surface area contributed by atoms with Gasteiger partial charge in [0.15, 0.2) is 5.52 Å². The number of nitro benzene ring substituents is 1. The number of nitro groups is 1. The quantitative estimate of drug-likeness (QED) is 0.594. The smallest absolute Gasteiger partial charge is 0.258 e. The van der Waals surface area contributed by atoms with Crippen molar-refractivity contribution in [2.75, 3.05) is 0 Å². The number of non-ortho nitro benzene ring substituents is 1. The molecule has 0 N–H and O–H groups in total. The van der Waals surface area contributed by atoms with Crippen molar-refractivity contribution in [1.82, 2.24) is 10.3 Å². The molecule has 1 aromatic heterocycles. The predicted molar refractivity (Wildman–Crippen MR) is 55.8 cm³/mol. The molecule has 0 unspecified atom stereocenters. The van der Waals surface area contributed by atoms with Crippen molar-refractivity contribution in [2.24, 2.45) is 0 Å². The van der Waals surface area contributed by atoms with Crippen molar-refractivity contribution in [3.63, 3.8) is 0 Å². The van der Waals surface area contributed by atoms with Crippen LogP contribution in [0.2, 0.25) is 0 Å². The van der Waals surface area contributed by atoms with E-state index in [1.54, 1.807) is 0 Å². The number of hydrogen-bond donors (Lipinski definition) is 0. The summed E-state index contributed by atoms with van der Waals surface area (Å²) in [6.45, 7) is 3.16. The zero-order valence-electron chi connectivity index (χ0n) is 8.23. The fraction of sp³-hybridized carbons (Fsp3) is 0. The van der Waals surface area contributed by atoms with Crippen LogP contribution in [0.5, 0.6) is 0 Å². The first-order chi connectivity index (χ1) is 7.97. The van der Waals surface area contributed by atoms with Crippen LogP contribution < -0.4 is 0 Å². The first kappa shape index (κ1) is 11.2. The van der Waals surface area contributed by atoms with E-state index >= 15 is 0 Å². The summed E-state index contributed by atoms with van der Waals surface area (Å²) in [5.74, 6) is 0. The lowest BCUT2D eigenvalue weighted by Crippen LogP contribution is -1.98. The fourth-order valence-corrected chi connectivity index (χ4v) is 2.14. The Morgan fingerprint density at radius 1 is 1.35 bits per heavy atom. The number of sulfone groups is 1. The van der Waals surface area contributed by atoms with E-state index in [1.165, 1.54) is 0 Å². The molecule has 1 heterocycles. The summed E-state index contributed by atoms with van der Waals surface area (Å²) in [5, 5.41) is 18.1. The van der Waals surface area contributed by atoms with Crippen molar-refractivity contribution in [3.05, 3.63) is 34.2 Å². The normalized spacial score (nSPS) is 11.5. The Hall–Kier alpha value is -2.29. The van der Waals surface area contributed by atoms with Gasteiger partial charge in [0.25, 0.3) is 0 Å². The number of fused-ring (bicyclic) bond motifs is 1. The minimum Gasteiger partial charge on any atom is -0.258 e. The van der Waals surface area contributed by atoms with E-state index in [0.717, 1.165) is 17.5 Å². The number of aromatic nitrogens is 2. The van der Waals surface area contributed by atoms with Crippen molar-refractivity contribution in [2.45, 2.75) is 4.90 Å². The zero-order valence-corrected chi connectivity index (χ0v) is 9.05.